The van der Waals surface area contributed by atoms with Crippen LogP contribution in [0.2, 0.25) is 0 Å². The highest BCUT2D eigenvalue weighted by molar-refractivity contribution is 6.24. The van der Waals surface area contributed by atoms with Gasteiger partial charge in [0.05, 0.1) is 5.41 Å². The first-order valence-corrected chi connectivity index (χ1v) is 20.2. The fourth-order valence-electron chi connectivity index (χ4n) is 11.2. The second-order valence-electron chi connectivity index (χ2n) is 16.3. The van der Waals surface area contributed by atoms with Gasteiger partial charge < -0.3 is 4.42 Å². The first-order chi connectivity index (χ1) is 28.7. The summed E-state index contributed by atoms with van der Waals surface area (Å²) >= 11 is 0. The van der Waals surface area contributed by atoms with Gasteiger partial charge in [0.25, 0.3) is 0 Å². The van der Waals surface area contributed by atoms with E-state index in [0.29, 0.717) is 0 Å². The SMILES string of the molecule is c1ccc2c(c1)-c1ccccc1C21c2cc(-c3cc4ccc5cccc6ccc(c3)c4c56)ccc2-c2c(-c3ccc4c(c3)oc3ccccc34)cc3ccccc3c21. The number of para-hydroxylation sites is 1. The molecule has 0 bridgehead atoms. The molecule has 1 heterocycles. The maximum absolute atomic E-state index is 6.51. The molecule has 0 amide bonds. The Morgan fingerprint density at radius 2 is 0.914 bits per heavy atom. The van der Waals surface area contributed by atoms with Gasteiger partial charge in [-0.05, 0) is 152 Å². The van der Waals surface area contributed by atoms with E-state index in [1.807, 2.05) is 6.07 Å². The number of fused-ring (bicyclic) bond motifs is 15. The van der Waals surface area contributed by atoms with Crippen LogP contribution in [-0.2, 0) is 5.41 Å². The highest BCUT2D eigenvalue weighted by atomic mass is 16.3. The Morgan fingerprint density at radius 1 is 0.310 bits per heavy atom. The first kappa shape index (κ1) is 30.7. The summed E-state index contributed by atoms with van der Waals surface area (Å²) in [7, 11) is 0. The third-order valence-electron chi connectivity index (χ3n) is 13.6. The minimum atomic E-state index is -0.525. The lowest BCUT2D eigenvalue weighted by Crippen LogP contribution is -2.26. The summed E-state index contributed by atoms with van der Waals surface area (Å²) in [5.74, 6) is 0. The lowest BCUT2D eigenvalue weighted by Gasteiger charge is -2.32. The minimum Gasteiger partial charge on any atom is -0.456 e. The zero-order valence-electron chi connectivity index (χ0n) is 31.4. The van der Waals surface area contributed by atoms with Gasteiger partial charge in [0.15, 0.2) is 0 Å². The number of hydrogen-bond acceptors (Lipinski definition) is 1. The van der Waals surface area contributed by atoms with E-state index in [1.165, 1.54) is 104 Å². The normalized spacial score (nSPS) is 13.7. The lowest BCUT2D eigenvalue weighted by atomic mass is 9.69. The molecule has 0 saturated carbocycles. The summed E-state index contributed by atoms with van der Waals surface area (Å²) < 4.78 is 6.51. The molecule has 0 saturated heterocycles. The zero-order chi connectivity index (χ0) is 37.7. The van der Waals surface area contributed by atoms with Crippen LogP contribution in [0, 0.1) is 0 Å². The predicted octanol–water partition coefficient (Wildman–Crippen LogP) is 15.3. The van der Waals surface area contributed by atoms with Crippen molar-refractivity contribution in [2.75, 3.05) is 0 Å². The van der Waals surface area contributed by atoms with Crippen molar-refractivity contribution < 1.29 is 4.42 Å². The standard InChI is InChI=1S/C57H32O/c1-2-13-41-36(10-1)30-47(37-25-26-45-44-16-5-8-19-51(44)58-52(45)32-37)55-46-27-24-35(40-28-38-22-20-33-11-9-12-34-21-23-39(29-40)54(38)53(33)34)31-50(46)57(56(41)55)48-17-6-3-14-42(48)43-15-4-7-18-49(43)57/h1-32H. The summed E-state index contributed by atoms with van der Waals surface area (Å²) in [6.45, 7) is 0. The van der Waals surface area contributed by atoms with Gasteiger partial charge in [0.1, 0.15) is 11.2 Å². The molecule has 0 aliphatic heterocycles. The van der Waals surface area contributed by atoms with Crippen molar-refractivity contribution in [1.29, 1.82) is 0 Å². The molecule has 0 unspecified atom stereocenters. The number of furan rings is 1. The molecule has 12 aromatic rings. The van der Waals surface area contributed by atoms with Crippen molar-refractivity contribution in [3.63, 3.8) is 0 Å². The van der Waals surface area contributed by atoms with Crippen LogP contribution >= 0.6 is 0 Å². The van der Waals surface area contributed by atoms with Gasteiger partial charge in [0.2, 0.25) is 0 Å². The van der Waals surface area contributed by atoms with Crippen LogP contribution in [0.3, 0.4) is 0 Å². The molecule has 58 heavy (non-hydrogen) atoms. The van der Waals surface area contributed by atoms with Gasteiger partial charge in [-0.15, -0.1) is 0 Å². The average molecular weight is 733 g/mol. The van der Waals surface area contributed by atoms with E-state index < -0.39 is 5.41 Å². The zero-order valence-corrected chi connectivity index (χ0v) is 31.4. The van der Waals surface area contributed by atoms with Crippen LogP contribution in [0.15, 0.2) is 199 Å². The fourth-order valence-corrected chi connectivity index (χ4v) is 11.2. The van der Waals surface area contributed by atoms with E-state index in [4.69, 9.17) is 4.42 Å². The maximum Gasteiger partial charge on any atom is 0.136 e. The molecular weight excluding hydrogens is 701 g/mol. The first-order valence-electron chi connectivity index (χ1n) is 20.2. The molecule has 1 heteroatoms. The van der Waals surface area contributed by atoms with Crippen molar-refractivity contribution in [3.8, 4) is 44.5 Å². The second-order valence-corrected chi connectivity index (χ2v) is 16.3. The molecular formula is C57H32O. The van der Waals surface area contributed by atoms with Crippen LogP contribution in [-0.4, -0.2) is 0 Å². The Labute approximate surface area is 334 Å². The summed E-state index contributed by atoms with van der Waals surface area (Å²) in [5.41, 5.74) is 16.8. The number of benzene rings is 11. The van der Waals surface area contributed by atoms with Gasteiger partial charge in [0, 0.05) is 10.8 Å². The van der Waals surface area contributed by atoms with Crippen LogP contribution < -0.4 is 0 Å². The van der Waals surface area contributed by atoms with Crippen molar-refractivity contribution in [1.82, 2.24) is 0 Å². The van der Waals surface area contributed by atoms with E-state index in [9.17, 15) is 0 Å². The van der Waals surface area contributed by atoms with Gasteiger partial charge in [-0.1, -0.05) is 152 Å². The summed E-state index contributed by atoms with van der Waals surface area (Å²) in [6.07, 6.45) is 0. The molecule has 14 rings (SSSR count). The van der Waals surface area contributed by atoms with E-state index in [1.54, 1.807) is 0 Å². The molecule has 1 nitrogen and oxygen atoms in total. The van der Waals surface area contributed by atoms with Gasteiger partial charge in [-0.2, -0.15) is 0 Å². The molecule has 1 spiro atoms. The van der Waals surface area contributed by atoms with Gasteiger partial charge >= 0.3 is 0 Å². The molecule has 11 aromatic carbocycles. The monoisotopic (exact) mass is 732 g/mol. The van der Waals surface area contributed by atoms with Gasteiger partial charge in [-0.25, -0.2) is 0 Å². The van der Waals surface area contributed by atoms with Crippen LogP contribution in [0.5, 0.6) is 0 Å². The fraction of sp³-hybridized carbons (Fsp3) is 0.0175. The second kappa shape index (κ2) is 10.9. The van der Waals surface area contributed by atoms with Crippen LogP contribution in [0.1, 0.15) is 22.3 Å². The maximum atomic E-state index is 6.51. The van der Waals surface area contributed by atoms with Crippen molar-refractivity contribution in [2.45, 2.75) is 5.41 Å². The van der Waals surface area contributed by atoms with Crippen molar-refractivity contribution in [2.24, 2.45) is 0 Å². The van der Waals surface area contributed by atoms with Crippen molar-refractivity contribution >= 4 is 65.0 Å². The Kier molecular flexibility index (Phi) is 5.76. The van der Waals surface area contributed by atoms with Crippen LogP contribution in [0.25, 0.3) is 110 Å². The van der Waals surface area contributed by atoms with Gasteiger partial charge in [-0.3, -0.25) is 0 Å². The molecule has 0 atom stereocenters. The Hall–Kier alpha value is -7.48. The molecule has 1 aromatic heterocycles. The molecule has 0 N–H and O–H groups in total. The van der Waals surface area contributed by atoms with E-state index in [-0.39, 0.29) is 0 Å². The van der Waals surface area contributed by atoms with E-state index >= 15 is 0 Å². The molecule has 0 radical (unpaired) electrons. The largest absolute Gasteiger partial charge is 0.456 e. The number of hydrogen-bond donors (Lipinski definition) is 0. The number of rotatable bonds is 2. The molecule has 0 fully saturated rings. The third kappa shape index (κ3) is 3.77. The quantitative estimate of drug-likeness (QED) is 0.161. The van der Waals surface area contributed by atoms with E-state index in [0.717, 1.165) is 27.5 Å². The summed E-state index contributed by atoms with van der Waals surface area (Å²) in [6, 6.07) is 72.8. The minimum absolute atomic E-state index is 0.525. The summed E-state index contributed by atoms with van der Waals surface area (Å²) in [4.78, 5) is 0. The summed E-state index contributed by atoms with van der Waals surface area (Å²) in [5, 5.41) is 12.7. The Bertz CT molecular complexity index is 3640. The van der Waals surface area contributed by atoms with Crippen molar-refractivity contribution in [3.05, 3.63) is 216 Å². The predicted molar refractivity (Wildman–Crippen MR) is 242 cm³/mol. The molecule has 2 aliphatic carbocycles. The van der Waals surface area contributed by atoms with Crippen LogP contribution in [0.4, 0.5) is 0 Å². The average Bonchev–Trinajstić information content (AvgIpc) is 3.91. The topological polar surface area (TPSA) is 13.1 Å². The Morgan fingerprint density at radius 3 is 1.69 bits per heavy atom. The molecule has 266 valence electrons. The smallest absolute Gasteiger partial charge is 0.136 e. The van der Waals surface area contributed by atoms with E-state index in [2.05, 4.69) is 188 Å². The highest BCUT2D eigenvalue weighted by Crippen LogP contribution is 2.66. The Balaban J connectivity index is 1.10. The lowest BCUT2D eigenvalue weighted by molar-refractivity contribution is 0.669. The molecule has 2 aliphatic rings. The highest BCUT2D eigenvalue weighted by Gasteiger charge is 2.53. The third-order valence-corrected chi connectivity index (χ3v) is 13.6.